The minimum atomic E-state index is -5.17. The fraction of sp³-hybridized carbons (Fsp3) is 0.263. The molecular weight excluding hydrogens is 380 g/mol. The number of ketones is 1. The van der Waals surface area contributed by atoms with Gasteiger partial charge in [-0.05, 0) is 19.4 Å². The van der Waals surface area contributed by atoms with Gasteiger partial charge in [0.2, 0.25) is 5.41 Å². The van der Waals surface area contributed by atoms with E-state index in [1.807, 2.05) is 0 Å². The molecule has 27 heavy (non-hydrogen) atoms. The Hall–Kier alpha value is -2.53. The van der Waals surface area contributed by atoms with Crippen LogP contribution < -0.4 is 0 Å². The Labute approximate surface area is 157 Å². The molecule has 2 unspecified atom stereocenters. The van der Waals surface area contributed by atoms with E-state index >= 15 is 0 Å². The Morgan fingerprint density at radius 1 is 0.889 bits per heavy atom. The summed E-state index contributed by atoms with van der Waals surface area (Å²) in [5.74, 6) is -2.99. The molecule has 0 fully saturated rings. The molecule has 0 heterocycles. The molecule has 2 aromatic carbocycles. The number of halogens is 3. The van der Waals surface area contributed by atoms with Crippen molar-refractivity contribution in [2.24, 2.45) is 0 Å². The van der Waals surface area contributed by atoms with E-state index in [0.29, 0.717) is 0 Å². The number of hydrogen-bond donors (Lipinski definition) is 0. The maximum absolute atomic E-state index is 14.2. The van der Waals surface area contributed by atoms with Crippen molar-refractivity contribution >= 4 is 20.9 Å². The third-order valence-corrected chi connectivity index (χ3v) is 3.66. The number of hydrogen-bond acceptors (Lipinski definition) is 4. The number of benzene rings is 2. The van der Waals surface area contributed by atoms with Gasteiger partial charge in [-0.3, -0.25) is 9.59 Å². The van der Waals surface area contributed by atoms with Crippen molar-refractivity contribution in [2.45, 2.75) is 31.5 Å². The Kier molecular flexibility index (Phi) is 7.85. The molecule has 144 valence electrons. The predicted molar refractivity (Wildman–Crippen MR) is 96.6 cm³/mol. The van der Waals surface area contributed by atoms with Gasteiger partial charge in [0.15, 0.2) is 5.78 Å². The van der Waals surface area contributed by atoms with E-state index in [9.17, 15) is 22.8 Å². The fourth-order valence-electron chi connectivity index (χ4n) is 2.55. The number of carbonyl (C=O) groups excluding carboxylic acids is 2. The van der Waals surface area contributed by atoms with Crippen molar-refractivity contribution in [2.75, 3.05) is 0 Å². The quantitative estimate of drug-likeness (QED) is 0.321. The summed E-state index contributed by atoms with van der Waals surface area (Å²) < 4.78 is 55.6. The first-order chi connectivity index (χ1) is 12.7. The predicted octanol–water partition coefficient (Wildman–Crippen LogP) is 4.53. The van der Waals surface area contributed by atoms with Crippen LogP contribution in [0.25, 0.3) is 0 Å². The highest BCUT2D eigenvalue weighted by Gasteiger charge is 2.68. The average Bonchev–Trinajstić information content (AvgIpc) is 2.63. The van der Waals surface area contributed by atoms with Crippen molar-refractivity contribution in [3.63, 3.8) is 0 Å². The minimum Gasteiger partial charge on any atom is -0.462 e. The van der Waals surface area contributed by atoms with Crippen LogP contribution in [0.4, 0.5) is 13.2 Å². The van der Waals surface area contributed by atoms with Crippen LogP contribution in [0.5, 0.6) is 0 Å². The molecular formula is C19H19F3O4P+. The van der Waals surface area contributed by atoms with Crippen LogP contribution in [0.3, 0.4) is 0 Å². The van der Waals surface area contributed by atoms with E-state index in [4.69, 9.17) is 9.30 Å². The highest BCUT2D eigenvalue weighted by molar-refractivity contribution is 7.00. The van der Waals surface area contributed by atoms with E-state index in [0.717, 1.165) is 12.1 Å². The summed E-state index contributed by atoms with van der Waals surface area (Å²) in [5, 5.41) is 0. The van der Waals surface area contributed by atoms with Crippen LogP contribution in [-0.2, 0) is 19.5 Å². The first-order valence-corrected chi connectivity index (χ1v) is 8.35. The SMILES string of the molecule is CC(C)OC(=O)C(C(=O)c1ccccc1)(c1ccccc1)C(F)(F)F.O=[PH2+]. The van der Waals surface area contributed by atoms with E-state index in [1.54, 1.807) is 6.07 Å². The van der Waals surface area contributed by atoms with Crippen LogP contribution >= 0.6 is 9.12 Å². The van der Waals surface area contributed by atoms with Gasteiger partial charge in [-0.15, -0.1) is 0 Å². The van der Waals surface area contributed by atoms with Gasteiger partial charge < -0.3 is 4.74 Å². The summed E-state index contributed by atoms with van der Waals surface area (Å²) in [4.78, 5) is 25.5. The Morgan fingerprint density at radius 2 is 1.33 bits per heavy atom. The largest absolute Gasteiger partial charge is 0.462 e. The number of alkyl halides is 3. The third-order valence-electron chi connectivity index (χ3n) is 3.66. The van der Waals surface area contributed by atoms with Crippen molar-refractivity contribution in [3.05, 3.63) is 71.8 Å². The second kappa shape index (κ2) is 9.42. The molecule has 0 aromatic heterocycles. The fourth-order valence-corrected chi connectivity index (χ4v) is 2.55. The molecule has 0 bridgehead atoms. The van der Waals surface area contributed by atoms with Crippen LogP contribution in [-0.4, -0.2) is 24.0 Å². The zero-order chi connectivity index (χ0) is 20.7. The molecule has 0 aliphatic heterocycles. The lowest BCUT2D eigenvalue weighted by molar-refractivity contribution is -0.200. The van der Waals surface area contributed by atoms with E-state index in [2.05, 4.69) is 0 Å². The number of rotatable bonds is 5. The van der Waals surface area contributed by atoms with Crippen molar-refractivity contribution in [3.8, 4) is 0 Å². The molecule has 4 nitrogen and oxygen atoms in total. The standard InChI is InChI=1S/C19H17F3O3.H2OP/c1-13(2)25-17(24)18(19(20,21)22,15-11-7-4-8-12-15)16(23)14-9-5-3-6-10-14;1-2/h3-13H,1-2H3;2H2/q;+1. The van der Waals surface area contributed by atoms with E-state index in [1.165, 1.54) is 65.4 Å². The van der Waals surface area contributed by atoms with Crippen LogP contribution in [0.15, 0.2) is 60.7 Å². The van der Waals surface area contributed by atoms with Gasteiger partial charge in [-0.2, -0.15) is 13.2 Å². The number of Topliss-reactive ketones (excluding diaryl/α,β-unsaturated/α-hetero) is 1. The third kappa shape index (κ3) is 4.61. The van der Waals surface area contributed by atoms with Gasteiger partial charge in [-0.1, -0.05) is 65.2 Å². The van der Waals surface area contributed by atoms with Crippen LogP contribution in [0, 0.1) is 0 Å². The maximum atomic E-state index is 14.2. The van der Waals surface area contributed by atoms with Crippen LogP contribution in [0.2, 0.25) is 0 Å². The molecule has 2 rings (SSSR count). The topological polar surface area (TPSA) is 60.4 Å². The Balaban J connectivity index is 0.00000176. The average molecular weight is 399 g/mol. The summed E-state index contributed by atoms with van der Waals surface area (Å²) in [5.41, 5.74) is -4.11. The molecule has 0 radical (unpaired) electrons. The summed E-state index contributed by atoms with van der Waals surface area (Å²) in [6.07, 6.45) is -5.98. The van der Waals surface area contributed by atoms with Gasteiger partial charge in [0.1, 0.15) is 0 Å². The molecule has 2 aromatic rings. The first-order valence-electron chi connectivity index (χ1n) is 7.88. The highest BCUT2D eigenvalue weighted by atomic mass is 31.0. The van der Waals surface area contributed by atoms with Crippen molar-refractivity contribution in [1.82, 2.24) is 0 Å². The normalized spacial score (nSPS) is 13.1. The summed E-state index contributed by atoms with van der Waals surface area (Å²) in [6, 6.07) is 13.3. The second-order valence-electron chi connectivity index (χ2n) is 5.76. The summed E-state index contributed by atoms with van der Waals surface area (Å²) >= 11 is 0. The molecule has 2 atom stereocenters. The van der Waals surface area contributed by atoms with E-state index in [-0.39, 0.29) is 5.56 Å². The zero-order valence-corrected chi connectivity index (χ0v) is 15.8. The minimum absolute atomic E-state index is 0.218. The van der Waals surface area contributed by atoms with Crippen molar-refractivity contribution in [1.29, 1.82) is 0 Å². The smallest absolute Gasteiger partial charge is 0.416 e. The Bertz CT molecular complexity index is 764. The molecule has 0 saturated carbocycles. The summed E-state index contributed by atoms with van der Waals surface area (Å²) in [6.45, 7) is 2.86. The zero-order valence-electron chi connectivity index (χ0n) is 14.7. The number of ether oxygens (including phenoxy) is 1. The first kappa shape index (κ1) is 22.5. The summed E-state index contributed by atoms with van der Waals surface area (Å²) in [7, 11) is 1.17. The number of esters is 1. The monoisotopic (exact) mass is 399 g/mol. The lowest BCUT2D eigenvalue weighted by atomic mass is 9.73. The lowest BCUT2D eigenvalue weighted by Gasteiger charge is -2.33. The molecule has 0 spiro atoms. The number of carbonyl (C=O) groups is 2. The van der Waals surface area contributed by atoms with Gasteiger partial charge in [0.05, 0.1) is 6.10 Å². The molecule has 8 heteroatoms. The Morgan fingerprint density at radius 3 is 1.74 bits per heavy atom. The lowest BCUT2D eigenvalue weighted by Crippen LogP contribution is -2.56. The molecule has 0 amide bonds. The maximum Gasteiger partial charge on any atom is 0.416 e. The highest BCUT2D eigenvalue weighted by Crippen LogP contribution is 2.45. The van der Waals surface area contributed by atoms with Gasteiger partial charge in [-0.25, -0.2) is 0 Å². The van der Waals surface area contributed by atoms with Gasteiger partial charge in [0.25, 0.3) is 0 Å². The second-order valence-corrected chi connectivity index (χ2v) is 5.76. The van der Waals surface area contributed by atoms with E-state index < -0.39 is 35.0 Å². The molecule has 0 saturated heterocycles. The van der Waals surface area contributed by atoms with Gasteiger partial charge in [0, 0.05) is 5.56 Å². The molecule has 0 aliphatic carbocycles. The van der Waals surface area contributed by atoms with Gasteiger partial charge >= 0.3 is 21.3 Å². The molecule has 0 N–H and O–H groups in total. The van der Waals surface area contributed by atoms with Crippen molar-refractivity contribution < 1.29 is 32.1 Å². The van der Waals surface area contributed by atoms with Crippen LogP contribution in [0.1, 0.15) is 29.8 Å². The molecule has 0 aliphatic rings.